The van der Waals surface area contributed by atoms with Gasteiger partial charge in [-0.05, 0) is 43.6 Å². The Hall–Kier alpha value is -1.15. The van der Waals surface area contributed by atoms with Crippen molar-refractivity contribution in [3.63, 3.8) is 0 Å². The molecule has 1 N–H and O–H groups in total. The Morgan fingerprint density at radius 2 is 1.92 bits per heavy atom. The number of benzene rings is 1. The molecule has 1 fully saturated rings. The Kier molecular flexibility index (Phi) is 8.85. The molecule has 0 saturated carbocycles. The van der Waals surface area contributed by atoms with Gasteiger partial charge in [0.2, 0.25) is 10.0 Å². The minimum atomic E-state index is -3.22. The molecule has 1 aliphatic heterocycles. The maximum absolute atomic E-state index is 12.2. The van der Waals surface area contributed by atoms with Crippen molar-refractivity contribution in [2.45, 2.75) is 32.9 Å². The summed E-state index contributed by atoms with van der Waals surface area (Å²) in [5.41, 5.74) is 1.70. The van der Waals surface area contributed by atoms with Crippen molar-refractivity contribution in [1.29, 1.82) is 0 Å². The van der Waals surface area contributed by atoms with Crippen LogP contribution in [0.5, 0.6) is 0 Å². The van der Waals surface area contributed by atoms with Crippen molar-refractivity contribution in [1.82, 2.24) is 9.62 Å². The van der Waals surface area contributed by atoms with Crippen LogP contribution in [0.25, 0.3) is 0 Å². The Bertz CT molecular complexity index is 658. The molecule has 0 spiro atoms. The summed E-state index contributed by atoms with van der Waals surface area (Å²) < 4.78 is 30.2. The zero-order valence-corrected chi connectivity index (χ0v) is 16.4. The van der Waals surface area contributed by atoms with E-state index in [2.05, 4.69) is 16.5 Å². The lowest BCUT2D eigenvalue weighted by atomic mass is 9.97. The van der Waals surface area contributed by atoms with E-state index in [1.54, 1.807) is 0 Å². The number of carbonyl (C=O) groups is 1. The van der Waals surface area contributed by atoms with Crippen LogP contribution < -0.4 is 4.72 Å². The van der Waals surface area contributed by atoms with E-state index in [9.17, 15) is 13.2 Å². The molecular formula is C17H27ClN2O4S. The summed E-state index contributed by atoms with van der Waals surface area (Å²) in [5.74, 6) is -0.145. The number of sulfonamides is 1. The molecule has 1 aromatic rings. The largest absolute Gasteiger partial charge is 0.461 e. The van der Waals surface area contributed by atoms with Crippen molar-refractivity contribution in [3.8, 4) is 0 Å². The summed E-state index contributed by atoms with van der Waals surface area (Å²) in [6.45, 7) is 5.50. The molecule has 0 amide bonds. The fourth-order valence-corrected chi connectivity index (χ4v) is 3.23. The van der Waals surface area contributed by atoms with Crippen molar-refractivity contribution in [3.05, 3.63) is 35.4 Å². The standard InChI is InChI=1S/C17H26N2O4S.ClH/c1-3-19-9-7-16(8-10-19)17(20)23-13-15-6-4-5-14(11-15)12-18-24(2,21)22;/h4-6,11,16,18H,3,7-10,12-13H2,1-2H3;1H. The number of nitrogens with one attached hydrogen (secondary N) is 1. The number of hydrogen-bond donors (Lipinski definition) is 1. The summed E-state index contributed by atoms with van der Waals surface area (Å²) in [5, 5.41) is 0. The van der Waals surface area contributed by atoms with Crippen LogP contribution in [0, 0.1) is 5.92 Å². The summed E-state index contributed by atoms with van der Waals surface area (Å²) in [6, 6.07) is 7.40. The molecule has 0 radical (unpaired) electrons. The molecule has 0 atom stereocenters. The molecule has 2 rings (SSSR count). The van der Waals surface area contributed by atoms with E-state index in [-0.39, 0.29) is 37.4 Å². The van der Waals surface area contributed by atoms with E-state index in [0.717, 1.165) is 49.9 Å². The molecule has 1 heterocycles. The molecule has 0 unspecified atom stereocenters. The number of carbonyl (C=O) groups excluding carboxylic acids is 1. The Morgan fingerprint density at radius 3 is 2.52 bits per heavy atom. The van der Waals surface area contributed by atoms with Gasteiger partial charge in [-0.1, -0.05) is 31.2 Å². The van der Waals surface area contributed by atoms with E-state index < -0.39 is 10.0 Å². The fraction of sp³-hybridized carbons (Fsp3) is 0.588. The van der Waals surface area contributed by atoms with Crippen LogP contribution in [0.15, 0.2) is 24.3 Å². The van der Waals surface area contributed by atoms with Gasteiger partial charge in [0.15, 0.2) is 0 Å². The summed E-state index contributed by atoms with van der Waals surface area (Å²) in [7, 11) is -3.22. The number of esters is 1. The van der Waals surface area contributed by atoms with Gasteiger partial charge in [0.1, 0.15) is 6.61 Å². The van der Waals surface area contributed by atoms with Gasteiger partial charge < -0.3 is 9.64 Å². The smallest absolute Gasteiger partial charge is 0.309 e. The minimum Gasteiger partial charge on any atom is -0.461 e. The molecule has 25 heavy (non-hydrogen) atoms. The zero-order chi connectivity index (χ0) is 17.6. The first kappa shape index (κ1) is 21.9. The average Bonchev–Trinajstić information content (AvgIpc) is 2.58. The molecule has 1 aromatic carbocycles. The van der Waals surface area contributed by atoms with E-state index in [4.69, 9.17) is 4.74 Å². The predicted octanol–water partition coefficient (Wildman–Crippen LogP) is 1.93. The second kappa shape index (κ2) is 10.1. The van der Waals surface area contributed by atoms with Crippen LogP contribution in [0.1, 0.15) is 30.9 Å². The van der Waals surface area contributed by atoms with Crippen molar-refractivity contribution < 1.29 is 17.9 Å². The molecule has 6 nitrogen and oxygen atoms in total. The first-order valence-corrected chi connectivity index (χ1v) is 10.2. The third-order valence-electron chi connectivity index (χ3n) is 4.28. The zero-order valence-electron chi connectivity index (χ0n) is 14.7. The van der Waals surface area contributed by atoms with Gasteiger partial charge >= 0.3 is 5.97 Å². The summed E-state index contributed by atoms with van der Waals surface area (Å²) >= 11 is 0. The highest BCUT2D eigenvalue weighted by Gasteiger charge is 2.25. The van der Waals surface area contributed by atoms with Crippen LogP contribution in [-0.2, 0) is 32.7 Å². The molecule has 1 saturated heterocycles. The number of hydrogen-bond acceptors (Lipinski definition) is 5. The van der Waals surface area contributed by atoms with Gasteiger partial charge in [-0.15, -0.1) is 12.4 Å². The van der Waals surface area contributed by atoms with Gasteiger partial charge in [-0.3, -0.25) is 4.79 Å². The van der Waals surface area contributed by atoms with Crippen LogP contribution in [0.4, 0.5) is 0 Å². The lowest BCUT2D eigenvalue weighted by Crippen LogP contribution is -2.36. The fourth-order valence-electron chi connectivity index (χ4n) is 2.80. The lowest BCUT2D eigenvalue weighted by molar-refractivity contribution is -0.151. The second-order valence-corrected chi connectivity index (χ2v) is 8.06. The topological polar surface area (TPSA) is 75.7 Å². The number of piperidine rings is 1. The Balaban J connectivity index is 0.00000312. The summed E-state index contributed by atoms with van der Waals surface area (Å²) in [6.07, 6.45) is 2.83. The maximum atomic E-state index is 12.2. The third kappa shape index (κ3) is 7.73. The number of rotatable bonds is 7. The number of halogens is 1. The van der Waals surface area contributed by atoms with Crippen LogP contribution in [0.2, 0.25) is 0 Å². The number of nitrogens with zero attached hydrogens (tertiary/aromatic N) is 1. The van der Waals surface area contributed by atoms with Crippen molar-refractivity contribution in [2.24, 2.45) is 5.92 Å². The van der Waals surface area contributed by atoms with E-state index in [1.807, 2.05) is 24.3 Å². The van der Waals surface area contributed by atoms with Crippen LogP contribution in [-0.4, -0.2) is 45.2 Å². The molecule has 8 heteroatoms. The normalized spacial score (nSPS) is 16.2. The van der Waals surface area contributed by atoms with Gasteiger partial charge in [0, 0.05) is 6.54 Å². The monoisotopic (exact) mass is 390 g/mol. The van der Waals surface area contributed by atoms with Crippen molar-refractivity contribution in [2.75, 3.05) is 25.9 Å². The molecular weight excluding hydrogens is 364 g/mol. The SMILES string of the molecule is CCN1CCC(C(=O)OCc2cccc(CNS(C)(=O)=O)c2)CC1.Cl. The molecule has 1 aliphatic rings. The first-order valence-electron chi connectivity index (χ1n) is 8.29. The molecule has 0 aromatic heterocycles. The van der Waals surface area contributed by atoms with E-state index in [0.29, 0.717) is 0 Å². The Labute approximate surface area is 156 Å². The van der Waals surface area contributed by atoms with Gasteiger partial charge in [-0.25, -0.2) is 13.1 Å². The summed E-state index contributed by atoms with van der Waals surface area (Å²) in [4.78, 5) is 14.5. The molecule has 0 aliphatic carbocycles. The predicted molar refractivity (Wildman–Crippen MR) is 100 cm³/mol. The van der Waals surface area contributed by atoms with Gasteiger partial charge in [0.05, 0.1) is 12.2 Å². The van der Waals surface area contributed by atoms with Crippen LogP contribution >= 0.6 is 12.4 Å². The van der Waals surface area contributed by atoms with Gasteiger partial charge in [0.25, 0.3) is 0 Å². The quantitative estimate of drug-likeness (QED) is 0.720. The highest BCUT2D eigenvalue weighted by atomic mass is 35.5. The van der Waals surface area contributed by atoms with Crippen LogP contribution in [0.3, 0.4) is 0 Å². The average molecular weight is 391 g/mol. The Morgan fingerprint density at radius 1 is 1.28 bits per heavy atom. The van der Waals surface area contributed by atoms with Gasteiger partial charge in [-0.2, -0.15) is 0 Å². The minimum absolute atomic E-state index is 0. The van der Waals surface area contributed by atoms with E-state index in [1.165, 1.54) is 0 Å². The van der Waals surface area contributed by atoms with Crippen molar-refractivity contribution >= 4 is 28.4 Å². The first-order chi connectivity index (χ1) is 11.4. The molecule has 0 bridgehead atoms. The highest BCUT2D eigenvalue weighted by molar-refractivity contribution is 7.88. The maximum Gasteiger partial charge on any atom is 0.309 e. The number of ether oxygens (including phenoxy) is 1. The van der Waals surface area contributed by atoms with E-state index >= 15 is 0 Å². The number of likely N-dealkylation sites (tertiary alicyclic amines) is 1. The highest BCUT2D eigenvalue weighted by Crippen LogP contribution is 2.19. The second-order valence-electron chi connectivity index (χ2n) is 6.23. The molecule has 142 valence electrons. The lowest BCUT2D eigenvalue weighted by Gasteiger charge is -2.29. The third-order valence-corrected chi connectivity index (χ3v) is 4.95.